The number of aryl methyl sites for hydroxylation is 2. The lowest BCUT2D eigenvalue weighted by Crippen LogP contribution is -2.42. The van der Waals surface area contributed by atoms with E-state index < -0.39 is 29.3 Å². The first-order valence-corrected chi connectivity index (χ1v) is 12.0. The average Bonchev–Trinajstić information content (AvgIpc) is 2.78. The number of halogens is 2. The number of carboxylic acids is 1. The maximum absolute atomic E-state index is 13.9. The number of hydrogen-bond donors (Lipinski definition) is 3. The zero-order valence-corrected chi connectivity index (χ0v) is 19.5. The molecule has 4 rings (SSSR count). The van der Waals surface area contributed by atoms with Gasteiger partial charge in [-0.2, -0.15) is 0 Å². The Hall–Kier alpha value is -2.78. The summed E-state index contributed by atoms with van der Waals surface area (Å²) in [4.78, 5) is 32.1. The molecule has 0 aromatic carbocycles. The summed E-state index contributed by atoms with van der Waals surface area (Å²) in [6.07, 6.45) is 8.17. The number of carbonyl (C=O) groups excluding carboxylic acids is 1. The fourth-order valence-corrected chi connectivity index (χ4v) is 4.61. The molecule has 10 heteroatoms. The van der Waals surface area contributed by atoms with Gasteiger partial charge in [0.15, 0.2) is 5.82 Å². The van der Waals surface area contributed by atoms with Crippen LogP contribution in [0.25, 0.3) is 0 Å². The monoisotopic (exact) mass is 490 g/mol. The molecule has 3 N–H and O–H groups in total. The van der Waals surface area contributed by atoms with Crippen molar-refractivity contribution in [1.82, 2.24) is 15.3 Å². The first-order valence-electron chi connectivity index (χ1n) is 11.6. The van der Waals surface area contributed by atoms with E-state index in [0.29, 0.717) is 5.92 Å². The number of ether oxygens (including phenoxy) is 1. The number of rotatable bonds is 10. The van der Waals surface area contributed by atoms with Crippen LogP contribution in [0.5, 0.6) is 0 Å². The van der Waals surface area contributed by atoms with Gasteiger partial charge < -0.3 is 20.5 Å². The van der Waals surface area contributed by atoms with Gasteiger partial charge in [-0.05, 0) is 56.1 Å². The normalized spacial score (nSPS) is 19.9. The van der Waals surface area contributed by atoms with Gasteiger partial charge >= 0.3 is 5.97 Å². The molecule has 0 spiro atoms. The predicted molar refractivity (Wildman–Crippen MR) is 125 cm³/mol. The van der Waals surface area contributed by atoms with Crippen LogP contribution in [0.4, 0.5) is 10.2 Å². The van der Waals surface area contributed by atoms with Crippen molar-refractivity contribution in [3.63, 3.8) is 0 Å². The number of anilines is 1. The second-order valence-electron chi connectivity index (χ2n) is 8.84. The average molecular weight is 491 g/mol. The largest absolute Gasteiger partial charge is 0.480 e. The van der Waals surface area contributed by atoms with Crippen LogP contribution < -0.4 is 10.6 Å². The molecule has 0 unspecified atom stereocenters. The van der Waals surface area contributed by atoms with Crippen molar-refractivity contribution in [1.29, 1.82) is 0 Å². The van der Waals surface area contributed by atoms with E-state index in [2.05, 4.69) is 27.8 Å². The second kappa shape index (κ2) is 11.1. The lowest BCUT2D eigenvalue weighted by Gasteiger charge is -2.35. The minimum absolute atomic E-state index is 0.0681. The molecule has 1 amide bonds. The van der Waals surface area contributed by atoms with E-state index in [1.165, 1.54) is 5.56 Å². The molecule has 1 aliphatic heterocycles. The fraction of sp³-hybridized carbons (Fsp3) is 0.500. The number of pyridine rings is 2. The quantitative estimate of drug-likeness (QED) is 0.466. The topological polar surface area (TPSA) is 113 Å². The van der Waals surface area contributed by atoms with Crippen LogP contribution in [0.15, 0.2) is 24.5 Å². The van der Waals surface area contributed by atoms with Gasteiger partial charge in [0.25, 0.3) is 5.91 Å². The Morgan fingerprint density at radius 3 is 2.91 bits per heavy atom. The van der Waals surface area contributed by atoms with E-state index in [0.717, 1.165) is 69.0 Å². The zero-order valence-electron chi connectivity index (χ0n) is 18.7. The van der Waals surface area contributed by atoms with Crippen molar-refractivity contribution in [2.45, 2.75) is 57.1 Å². The third-order valence-electron chi connectivity index (χ3n) is 6.40. The number of nitrogens with zero attached hydrogens (tertiary/aromatic N) is 2. The molecule has 0 bridgehead atoms. The molecule has 1 aliphatic carbocycles. The smallest absolute Gasteiger partial charge is 0.326 e. The van der Waals surface area contributed by atoms with Gasteiger partial charge in [0.2, 0.25) is 0 Å². The molecule has 3 heterocycles. The summed E-state index contributed by atoms with van der Waals surface area (Å²) in [7, 11) is 0. The van der Waals surface area contributed by atoms with Gasteiger partial charge in [0, 0.05) is 31.5 Å². The molecular weight excluding hydrogens is 463 g/mol. The SMILES string of the molecule is O=C(N[C@H](CCO[C@H]1C[C@@H](CCc2ccc3c(n2)NCCC3)C1)C(=O)O)c1c(F)cncc1Cl. The number of fused-ring (bicyclic) bond motifs is 1. The van der Waals surface area contributed by atoms with Gasteiger partial charge in [0.1, 0.15) is 11.9 Å². The number of hydrogen-bond acceptors (Lipinski definition) is 6. The van der Waals surface area contributed by atoms with Gasteiger partial charge in [-0.1, -0.05) is 17.7 Å². The summed E-state index contributed by atoms with van der Waals surface area (Å²) in [5.41, 5.74) is 1.97. The maximum atomic E-state index is 13.9. The molecule has 2 aliphatic rings. The van der Waals surface area contributed by atoms with Gasteiger partial charge in [-0.15, -0.1) is 0 Å². The Kier molecular flexibility index (Phi) is 7.95. The van der Waals surface area contributed by atoms with Crippen LogP contribution in [0.3, 0.4) is 0 Å². The van der Waals surface area contributed by atoms with Crippen molar-refractivity contribution in [2.75, 3.05) is 18.5 Å². The summed E-state index contributed by atoms with van der Waals surface area (Å²) in [5, 5.41) is 14.9. The van der Waals surface area contributed by atoms with Crippen molar-refractivity contribution >= 4 is 29.3 Å². The molecule has 2 aromatic rings. The minimum atomic E-state index is -1.22. The molecule has 34 heavy (non-hydrogen) atoms. The van der Waals surface area contributed by atoms with Crippen LogP contribution in [0, 0.1) is 11.7 Å². The number of carboxylic acid groups (broad SMARTS) is 1. The number of aromatic nitrogens is 2. The molecule has 1 saturated carbocycles. The molecule has 8 nitrogen and oxygen atoms in total. The molecular formula is C24H28ClFN4O4. The van der Waals surface area contributed by atoms with Crippen LogP contribution >= 0.6 is 11.6 Å². The van der Waals surface area contributed by atoms with Crippen LogP contribution in [-0.2, 0) is 22.4 Å². The van der Waals surface area contributed by atoms with E-state index in [9.17, 15) is 19.1 Å². The minimum Gasteiger partial charge on any atom is -0.480 e. The zero-order chi connectivity index (χ0) is 24.1. The fourth-order valence-electron chi connectivity index (χ4n) is 4.37. The highest BCUT2D eigenvalue weighted by Crippen LogP contribution is 2.34. The summed E-state index contributed by atoms with van der Waals surface area (Å²) in [6, 6.07) is 3.07. The van der Waals surface area contributed by atoms with E-state index in [1.54, 1.807) is 0 Å². The lowest BCUT2D eigenvalue weighted by molar-refractivity contribution is -0.140. The Morgan fingerprint density at radius 1 is 1.32 bits per heavy atom. The standard InChI is InChI=1S/C24H28ClFN4O4/c25-18-12-27-13-19(26)21(18)23(31)30-20(24(32)33)7-9-34-17-10-14(11-17)3-5-16-6-4-15-2-1-8-28-22(15)29-16/h4,6,12-14,17,20H,1-3,5,7-11H2,(H,28,29)(H,30,31)(H,32,33)/t14-,17+,20-/m1/s1. The number of nitrogens with one attached hydrogen (secondary N) is 2. The van der Waals surface area contributed by atoms with Crippen LogP contribution in [0.1, 0.15) is 53.7 Å². The summed E-state index contributed by atoms with van der Waals surface area (Å²) in [6.45, 7) is 1.16. The predicted octanol–water partition coefficient (Wildman–Crippen LogP) is 3.63. The van der Waals surface area contributed by atoms with Gasteiger partial charge in [-0.25, -0.2) is 14.2 Å². The maximum Gasteiger partial charge on any atom is 0.326 e. The van der Waals surface area contributed by atoms with Gasteiger partial charge in [-0.3, -0.25) is 9.78 Å². The lowest BCUT2D eigenvalue weighted by atomic mass is 9.79. The third kappa shape index (κ3) is 6.01. The molecule has 1 atom stereocenters. The van der Waals surface area contributed by atoms with Crippen LogP contribution in [0.2, 0.25) is 5.02 Å². The highest BCUT2D eigenvalue weighted by Gasteiger charge is 2.30. The first-order chi connectivity index (χ1) is 16.4. The summed E-state index contributed by atoms with van der Waals surface area (Å²) in [5.74, 6) is -1.45. The number of carbonyl (C=O) groups is 2. The van der Waals surface area contributed by atoms with E-state index in [1.807, 2.05) is 0 Å². The molecule has 0 radical (unpaired) electrons. The summed E-state index contributed by atoms with van der Waals surface area (Å²) < 4.78 is 19.7. The Morgan fingerprint density at radius 2 is 2.15 bits per heavy atom. The molecule has 182 valence electrons. The van der Waals surface area contributed by atoms with Crippen molar-refractivity contribution < 1.29 is 23.8 Å². The third-order valence-corrected chi connectivity index (χ3v) is 6.68. The molecule has 1 fully saturated rings. The molecule has 0 saturated heterocycles. The van der Waals surface area contributed by atoms with Crippen molar-refractivity contribution in [2.24, 2.45) is 5.92 Å². The highest BCUT2D eigenvalue weighted by atomic mass is 35.5. The highest BCUT2D eigenvalue weighted by molar-refractivity contribution is 6.33. The summed E-state index contributed by atoms with van der Waals surface area (Å²) >= 11 is 5.83. The number of amides is 1. The molecule has 2 aromatic heterocycles. The second-order valence-corrected chi connectivity index (χ2v) is 9.25. The number of aliphatic carboxylic acids is 1. The van der Waals surface area contributed by atoms with Crippen LogP contribution in [-0.4, -0.2) is 52.2 Å². The Labute approximate surface area is 202 Å². The Bertz CT molecular complexity index is 1030. The van der Waals surface area contributed by atoms with E-state index >= 15 is 0 Å². The van der Waals surface area contributed by atoms with Crippen molar-refractivity contribution in [3.05, 3.63) is 52.2 Å². The Balaban J connectivity index is 1.17. The van der Waals surface area contributed by atoms with E-state index in [-0.39, 0.29) is 24.2 Å². The first kappa shape index (κ1) is 24.3. The van der Waals surface area contributed by atoms with Gasteiger partial charge in [0.05, 0.1) is 22.9 Å². The van der Waals surface area contributed by atoms with E-state index in [4.69, 9.17) is 21.3 Å². The van der Waals surface area contributed by atoms with Crippen molar-refractivity contribution in [3.8, 4) is 0 Å².